The van der Waals surface area contributed by atoms with E-state index in [1.54, 1.807) is 0 Å². The summed E-state index contributed by atoms with van der Waals surface area (Å²) < 4.78 is 5.88. The molecule has 0 spiro atoms. The van der Waals surface area contributed by atoms with Crippen LogP contribution in [0.5, 0.6) is 5.75 Å². The Balaban J connectivity index is 2.08. The Bertz CT molecular complexity index is 464. The molecular formula is C16H24N2O. The van der Waals surface area contributed by atoms with Gasteiger partial charge >= 0.3 is 0 Å². The van der Waals surface area contributed by atoms with Gasteiger partial charge in [-0.15, -0.1) is 0 Å². The molecule has 0 saturated heterocycles. The molecule has 19 heavy (non-hydrogen) atoms. The number of rotatable bonds is 6. The minimum absolute atomic E-state index is 0.788. The standard InChI is InChI=1S/C16H24N2O/c1-5-18(4)11-17-15-8-13(3)16(9-12(15)2)19-10-14-6-7-14/h8-9,11,14H,5-7,10H2,1-4H3/b17-11-. The lowest BCUT2D eigenvalue weighted by Gasteiger charge is -2.12. The van der Waals surface area contributed by atoms with Crippen LogP contribution in [0, 0.1) is 19.8 Å². The number of aryl methyl sites for hydroxylation is 2. The van der Waals surface area contributed by atoms with Crippen LogP contribution in [-0.2, 0) is 0 Å². The van der Waals surface area contributed by atoms with Gasteiger partial charge in [0.1, 0.15) is 5.75 Å². The fraction of sp³-hybridized carbons (Fsp3) is 0.562. The lowest BCUT2D eigenvalue weighted by atomic mass is 10.1. The van der Waals surface area contributed by atoms with E-state index in [2.05, 4.69) is 42.8 Å². The second-order valence-electron chi connectivity index (χ2n) is 5.48. The molecule has 0 heterocycles. The van der Waals surface area contributed by atoms with Gasteiger partial charge in [0.25, 0.3) is 0 Å². The van der Waals surface area contributed by atoms with E-state index in [9.17, 15) is 0 Å². The monoisotopic (exact) mass is 260 g/mol. The zero-order valence-corrected chi connectivity index (χ0v) is 12.4. The third-order valence-electron chi connectivity index (χ3n) is 3.56. The molecule has 0 amide bonds. The highest BCUT2D eigenvalue weighted by molar-refractivity contribution is 5.64. The van der Waals surface area contributed by atoms with E-state index in [1.807, 2.05) is 13.4 Å². The Kier molecular flexibility index (Phi) is 4.46. The Morgan fingerprint density at radius 2 is 2.05 bits per heavy atom. The largest absolute Gasteiger partial charge is 0.493 e. The number of ether oxygens (including phenoxy) is 1. The van der Waals surface area contributed by atoms with E-state index in [0.29, 0.717) is 0 Å². The molecule has 1 aromatic carbocycles. The number of hydrogen-bond acceptors (Lipinski definition) is 2. The van der Waals surface area contributed by atoms with Crippen molar-refractivity contribution in [2.75, 3.05) is 20.2 Å². The van der Waals surface area contributed by atoms with Crippen LogP contribution in [0.1, 0.15) is 30.9 Å². The van der Waals surface area contributed by atoms with Crippen LogP contribution in [0.25, 0.3) is 0 Å². The van der Waals surface area contributed by atoms with Gasteiger partial charge in [-0.2, -0.15) is 0 Å². The first-order valence-corrected chi connectivity index (χ1v) is 7.08. The van der Waals surface area contributed by atoms with Gasteiger partial charge in [0, 0.05) is 13.6 Å². The molecular weight excluding hydrogens is 236 g/mol. The summed E-state index contributed by atoms with van der Waals surface area (Å²) in [7, 11) is 2.03. The van der Waals surface area contributed by atoms with Crippen LogP contribution >= 0.6 is 0 Å². The predicted molar refractivity (Wildman–Crippen MR) is 80.6 cm³/mol. The second kappa shape index (κ2) is 6.09. The average molecular weight is 260 g/mol. The normalized spacial score (nSPS) is 14.9. The summed E-state index contributed by atoms with van der Waals surface area (Å²) in [5, 5.41) is 0. The molecule has 0 bridgehead atoms. The molecule has 104 valence electrons. The molecule has 1 fully saturated rings. The van der Waals surface area contributed by atoms with Gasteiger partial charge in [-0.1, -0.05) is 0 Å². The third-order valence-corrected chi connectivity index (χ3v) is 3.56. The molecule has 0 atom stereocenters. The van der Waals surface area contributed by atoms with E-state index >= 15 is 0 Å². The summed E-state index contributed by atoms with van der Waals surface area (Å²) in [6.07, 6.45) is 4.53. The lowest BCUT2D eigenvalue weighted by molar-refractivity contribution is 0.297. The number of aliphatic imine (C=N–C) groups is 1. The maximum atomic E-state index is 5.88. The van der Waals surface area contributed by atoms with Gasteiger partial charge in [0.05, 0.1) is 18.6 Å². The van der Waals surface area contributed by atoms with Gasteiger partial charge in [0.15, 0.2) is 0 Å². The molecule has 1 aliphatic carbocycles. The van der Waals surface area contributed by atoms with Crippen molar-refractivity contribution in [2.24, 2.45) is 10.9 Å². The fourth-order valence-corrected chi connectivity index (χ4v) is 1.80. The predicted octanol–water partition coefficient (Wildman–Crippen LogP) is 3.70. The molecule has 0 radical (unpaired) electrons. The Morgan fingerprint density at radius 3 is 2.68 bits per heavy atom. The first-order valence-electron chi connectivity index (χ1n) is 7.08. The zero-order valence-electron chi connectivity index (χ0n) is 12.4. The number of benzene rings is 1. The zero-order chi connectivity index (χ0) is 13.8. The highest BCUT2D eigenvalue weighted by Gasteiger charge is 2.22. The summed E-state index contributed by atoms with van der Waals surface area (Å²) in [5.41, 5.74) is 3.35. The molecule has 1 aromatic rings. The van der Waals surface area contributed by atoms with Crippen molar-refractivity contribution in [3.63, 3.8) is 0 Å². The first kappa shape index (κ1) is 13.9. The van der Waals surface area contributed by atoms with Gasteiger partial charge in [-0.3, -0.25) is 0 Å². The smallest absolute Gasteiger partial charge is 0.122 e. The summed E-state index contributed by atoms with van der Waals surface area (Å²) in [5.74, 6) is 1.79. The molecule has 0 aliphatic heterocycles. The van der Waals surface area contributed by atoms with Crippen LogP contribution in [0.15, 0.2) is 17.1 Å². The summed E-state index contributed by atoms with van der Waals surface area (Å²) >= 11 is 0. The van der Waals surface area contributed by atoms with Crippen LogP contribution < -0.4 is 4.74 Å². The highest BCUT2D eigenvalue weighted by Crippen LogP contribution is 2.32. The van der Waals surface area contributed by atoms with Crippen LogP contribution in [0.2, 0.25) is 0 Å². The van der Waals surface area contributed by atoms with Crippen molar-refractivity contribution in [2.45, 2.75) is 33.6 Å². The Hall–Kier alpha value is -1.51. The van der Waals surface area contributed by atoms with Gasteiger partial charge in [-0.25, -0.2) is 4.99 Å². The van der Waals surface area contributed by atoms with Crippen molar-refractivity contribution in [1.29, 1.82) is 0 Å². The second-order valence-corrected chi connectivity index (χ2v) is 5.48. The van der Waals surface area contributed by atoms with Crippen molar-refractivity contribution >= 4 is 12.0 Å². The van der Waals surface area contributed by atoms with Crippen LogP contribution in [0.3, 0.4) is 0 Å². The van der Waals surface area contributed by atoms with E-state index in [4.69, 9.17) is 4.74 Å². The Morgan fingerprint density at radius 1 is 1.32 bits per heavy atom. The van der Waals surface area contributed by atoms with Crippen molar-refractivity contribution in [3.8, 4) is 5.75 Å². The topological polar surface area (TPSA) is 24.8 Å². The minimum atomic E-state index is 0.788. The van der Waals surface area contributed by atoms with Crippen LogP contribution in [-0.4, -0.2) is 31.4 Å². The van der Waals surface area contributed by atoms with Gasteiger partial charge < -0.3 is 9.64 Å². The average Bonchev–Trinajstić information content (AvgIpc) is 3.21. The molecule has 3 nitrogen and oxygen atoms in total. The van der Waals surface area contributed by atoms with Gasteiger partial charge in [0.2, 0.25) is 0 Å². The number of nitrogens with zero attached hydrogens (tertiary/aromatic N) is 2. The van der Waals surface area contributed by atoms with E-state index < -0.39 is 0 Å². The van der Waals surface area contributed by atoms with E-state index in [0.717, 1.165) is 41.6 Å². The minimum Gasteiger partial charge on any atom is -0.493 e. The highest BCUT2D eigenvalue weighted by atomic mass is 16.5. The van der Waals surface area contributed by atoms with Gasteiger partial charge in [-0.05, 0) is 62.8 Å². The molecule has 3 heteroatoms. The first-order chi connectivity index (χ1) is 9.10. The molecule has 1 saturated carbocycles. The quantitative estimate of drug-likeness (QED) is 0.575. The van der Waals surface area contributed by atoms with E-state index in [1.165, 1.54) is 12.8 Å². The summed E-state index contributed by atoms with van der Waals surface area (Å²) in [6.45, 7) is 8.11. The summed E-state index contributed by atoms with van der Waals surface area (Å²) in [4.78, 5) is 6.59. The summed E-state index contributed by atoms with van der Waals surface area (Å²) in [6, 6.07) is 4.22. The molecule has 0 aromatic heterocycles. The van der Waals surface area contributed by atoms with Crippen LogP contribution in [0.4, 0.5) is 5.69 Å². The SMILES string of the molecule is CCN(C)/C=N\c1cc(C)c(OCC2CC2)cc1C. The molecule has 1 aliphatic rings. The van der Waals surface area contributed by atoms with Crippen molar-refractivity contribution < 1.29 is 4.74 Å². The van der Waals surface area contributed by atoms with Crippen molar-refractivity contribution in [3.05, 3.63) is 23.3 Å². The molecule has 0 unspecified atom stereocenters. The Labute approximate surface area is 116 Å². The van der Waals surface area contributed by atoms with Crippen molar-refractivity contribution in [1.82, 2.24) is 4.90 Å². The number of hydrogen-bond donors (Lipinski definition) is 0. The molecule has 2 rings (SSSR count). The maximum absolute atomic E-state index is 5.88. The third kappa shape index (κ3) is 3.98. The lowest BCUT2D eigenvalue weighted by Crippen LogP contribution is -2.14. The fourth-order valence-electron chi connectivity index (χ4n) is 1.80. The van der Waals surface area contributed by atoms with E-state index in [-0.39, 0.29) is 0 Å². The maximum Gasteiger partial charge on any atom is 0.122 e. The molecule has 0 N–H and O–H groups in total.